The highest BCUT2D eigenvalue weighted by atomic mass is 16.4. The molecule has 0 saturated carbocycles. The Balaban J connectivity index is 3.09. The number of pyridine rings is 1. The minimum atomic E-state index is -0.830. The third-order valence-corrected chi connectivity index (χ3v) is 3.12. The zero-order valence-electron chi connectivity index (χ0n) is 9.68. The van der Waals surface area contributed by atoms with Crippen molar-refractivity contribution in [1.29, 1.82) is 0 Å². The molecule has 1 rings (SSSR count). The molecule has 0 aliphatic heterocycles. The Morgan fingerprint density at radius 1 is 1.56 bits per heavy atom. The van der Waals surface area contributed by atoms with Crippen molar-refractivity contribution in [3.8, 4) is 0 Å². The average Bonchev–Trinajstić information content (AvgIpc) is 2.28. The summed E-state index contributed by atoms with van der Waals surface area (Å²) in [6.07, 6.45) is 4.10. The van der Waals surface area contributed by atoms with Gasteiger partial charge in [0.2, 0.25) is 0 Å². The smallest absolute Gasteiger partial charge is 0.304 e. The van der Waals surface area contributed by atoms with Crippen molar-refractivity contribution in [3.05, 3.63) is 30.1 Å². The van der Waals surface area contributed by atoms with Gasteiger partial charge in [0, 0.05) is 23.9 Å². The van der Waals surface area contributed by atoms with Gasteiger partial charge in [0.1, 0.15) is 0 Å². The third kappa shape index (κ3) is 2.58. The van der Waals surface area contributed by atoms with E-state index in [-0.39, 0.29) is 12.5 Å². The first-order chi connectivity index (χ1) is 7.50. The number of aromatic nitrogens is 1. The molecule has 0 bridgehead atoms. The van der Waals surface area contributed by atoms with E-state index >= 15 is 0 Å². The highest BCUT2D eigenvalue weighted by Gasteiger charge is 2.34. The van der Waals surface area contributed by atoms with E-state index in [0.717, 1.165) is 12.0 Å². The summed E-state index contributed by atoms with van der Waals surface area (Å²) < 4.78 is 0. The van der Waals surface area contributed by atoms with Crippen LogP contribution in [0.15, 0.2) is 24.5 Å². The fraction of sp³-hybridized carbons (Fsp3) is 0.500. The van der Waals surface area contributed by atoms with Crippen LogP contribution in [0.3, 0.4) is 0 Å². The molecule has 0 fully saturated rings. The lowest BCUT2D eigenvalue weighted by Crippen LogP contribution is -2.44. The molecule has 4 nitrogen and oxygen atoms in total. The zero-order chi connectivity index (χ0) is 12.2. The summed E-state index contributed by atoms with van der Waals surface area (Å²) >= 11 is 0. The lowest BCUT2D eigenvalue weighted by atomic mass is 9.73. The van der Waals surface area contributed by atoms with Gasteiger partial charge in [-0.15, -0.1) is 0 Å². The Labute approximate surface area is 95.5 Å². The minimum absolute atomic E-state index is 0.0337. The molecule has 16 heavy (non-hydrogen) atoms. The number of rotatable bonds is 5. The molecule has 0 amide bonds. The number of carboxylic acid groups (broad SMARTS) is 1. The van der Waals surface area contributed by atoms with Gasteiger partial charge in [-0.1, -0.05) is 13.8 Å². The van der Waals surface area contributed by atoms with Crippen molar-refractivity contribution in [3.63, 3.8) is 0 Å². The predicted octanol–water partition coefficient (Wildman–Crippen LogP) is 1.55. The van der Waals surface area contributed by atoms with Crippen molar-refractivity contribution < 1.29 is 9.90 Å². The monoisotopic (exact) mass is 222 g/mol. The van der Waals surface area contributed by atoms with Gasteiger partial charge in [-0.05, 0) is 24.1 Å². The Bertz CT molecular complexity index is 353. The molecule has 0 spiro atoms. The Hall–Kier alpha value is -1.42. The summed E-state index contributed by atoms with van der Waals surface area (Å²) in [6, 6.07) is 3.49. The molecule has 3 N–H and O–H groups in total. The SMILES string of the molecule is CCC(N)C(C)(CC(=O)O)c1ccncc1. The van der Waals surface area contributed by atoms with Crippen molar-refractivity contribution in [2.75, 3.05) is 0 Å². The molecule has 1 heterocycles. The second kappa shape index (κ2) is 5.07. The highest BCUT2D eigenvalue weighted by molar-refractivity contribution is 5.69. The number of nitrogens with zero attached hydrogens (tertiary/aromatic N) is 1. The summed E-state index contributed by atoms with van der Waals surface area (Å²) in [5.41, 5.74) is 6.44. The Morgan fingerprint density at radius 3 is 2.56 bits per heavy atom. The molecular weight excluding hydrogens is 204 g/mol. The summed E-state index contributed by atoms with van der Waals surface area (Å²) in [4.78, 5) is 14.9. The molecule has 2 atom stereocenters. The fourth-order valence-electron chi connectivity index (χ4n) is 1.94. The first kappa shape index (κ1) is 12.6. The molecule has 2 unspecified atom stereocenters. The summed E-state index contributed by atoms with van der Waals surface area (Å²) in [5, 5.41) is 8.98. The second-order valence-corrected chi connectivity index (χ2v) is 4.24. The topological polar surface area (TPSA) is 76.2 Å². The van der Waals surface area contributed by atoms with Crippen LogP contribution in [-0.4, -0.2) is 22.1 Å². The molecule has 0 radical (unpaired) electrons. The van der Waals surface area contributed by atoms with Crippen molar-refractivity contribution in [2.24, 2.45) is 5.73 Å². The molecule has 0 saturated heterocycles. The van der Waals surface area contributed by atoms with Crippen molar-refractivity contribution in [1.82, 2.24) is 4.98 Å². The molecule has 88 valence electrons. The molecule has 1 aromatic rings. The van der Waals surface area contributed by atoms with Crippen LogP contribution >= 0.6 is 0 Å². The van der Waals surface area contributed by atoms with Crippen LogP contribution < -0.4 is 5.73 Å². The molecule has 0 aliphatic carbocycles. The van der Waals surface area contributed by atoms with Gasteiger partial charge < -0.3 is 10.8 Å². The first-order valence-electron chi connectivity index (χ1n) is 5.38. The maximum atomic E-state index is 10.9. The lowest BCUT2D eigenvalue weighted by Gasteiger charge is -2.34. The maximum Gasteiger partial charge on any atom is 0.304 e. The van der Waals surface area contributed by atoms with Gasteiger partial charge in [0.05, 0.1) is 6.42 Å². The summed E-state index contributed by atoms with van der Waals surface area (Å²) in [5.74, 6) is -0.830. The number of carboxylic acids is 1. The lowest BCUT2D eigenvalue weighted by molar-refractivity contribution is -0.138. The Morgan fingerprint density at radius 2 is 2.12 bits per heavy atom. The molecule has 0 aromatic carbocycles. The minimum Gasteiger partial charge on any atom is -0.481 e. The normalized spacial score (nSPS) is 16.4. The van der Waals surface area contributed by atoms with E-state index in [0.29, 0.717) is 0 Å². The van der Waals surface area contributed by atoms with Gasteiger partial charge in [0.25, 0.3) is 0 Å². The number of hydrogen-bond donors (Lipinski definition) is 2. The molecule has 4 heteroatoms. The van der Waals surface area contributed by atoms with Crippen LogP contribution in [-0.2, 0) is 10.2 Å². The van der Waals surface area contributed by atoms with Gasteiger partial charge in [-0.3, -0.25) is 9.78 Å². The van der Waals surface area contributed by atoms with E-state index in [1.807, 2.05) is 26.0 Å². The van der Waals surface area contributed by atoms with E-state index < -0.39 is 11.4 Å². The fourth-order valence-corrected chi connectivity index (χ4v) is 1.94. The largest absolute Gasteiger partial charge is 0.481 e. The van der Waals surface area contributed by atoms with Crippen LogP contribution in [0.4, 0.5) is 0 Å². The van der Waals surface area contributed by atoms with Gasteiger partial charge in [-0.2, -0.15) is 0 Å². The Kier molecular flexibility index (Phi) is 4.01. The number of nitrogens with two attached hydrogens (primary N) is 1. The number of aliphatic carboxylic acids is 1. The van der Waals surface area contributed by atoms with E-state index in [9.17, 15) is 4.79 Å². The predicted molar refractivity (Wildman–Crippen MR) is 62.1 cm³/mol. The van der Waals surface area contributed by atoms with E-state index in [4.69, 9.17) is 10.8 Å². The number of hydrogen-bond acceptors (Lipinski definition) is 3. The van der Waals surface area contributed by atoms with E-state index in [1.54, 1.807) is 12.4 Å². The molecule has 1 aromatic heterocycles. The van der Waals surface area contributed by atoms with Crippen LogP contribution in [0.1, 0.15) is 32.3 Å². The van der Waals surface area contributed by atoms with E-state index in [2.05, 4.69) is 4.98 Å². The van der Waals surface area contributed by atoms with Crippen molar-refractivity contribution >= 4 is 5.97 Å². The highest BCUT2D eigenvalue weighted by Crippen LogP contribution is 2.31. The van der Waals surface area contributed by atoms with Gasteiger partial charge in [0.15, 0.2) is 0 Å². The summed E-state index contributed by atoms with van der Waals surface area (Å²) in [6.45, 7) is 3.86. The molecule has 0 aliphatic rings. The van der Waals surface area contributed by atoms with Crippen LogP contribution in [0.25, 0.3) is 0 Å². The van der Waals surface area contributed by atoms with Crippen LogP contribution in [0, 0.1) is 0 Å². The number of carbonyl (C=O) groups is 1. The quantitative estimate of drug-likeness (QED) is 0.792. The van der Waals surface area contributed by atoms with Gasteiger partial charge >= 0.3 is 5.97 Å². The van der Waals surface area contributed by atoms with Gasteiger partial charge in [-0.25, -0.2) is 0 Å². The van der Waals surface area contributed by atoms with E-state index in [1.165, 1.54) is 0 Å². The third-order valence-electron chi connectivity index (χ3n) is 3.12. The molecular formula is C12H18N2O2. The van der Waals surface area contributed by atoms with Crippen LogP contribution in [0.2, 0.25) is 0 Å². The second-order valence-electron chi connectivity index (χ2n) is 4.24. The zero-order valence-corrected chi connectivity index (χ0v) is 9.68. The first-order valence-corrected chi connectivity index (χ1v) is 5.38. The standard InChI is InChI=1S/C12H18N2O2/c1-3-10(13)12(2,8-11(15)16)9-4-6-14-7-5-9/h4-7,10H,3,8,13H2,1-2H3,(H,15,16). The average molecular weight is 222 g/mol. The van der Waals surface area contributed by atoms with Crippen molar-refractivity contribution in [2.45, 2.75) is 38.1 Å². The maximum absolute atomic E-state index is 10.9. The summed E-state index contributed by atoms with van der Waals surface area (Å²) in [7, 11) is 0. The van der Waals surface area contributed by atoms with Crippen LogP contribution in [0.5, 0.6) is 0 Å².